The Morgan fingerprint density at radius 1 is 0.400 bits per heavy atom. The summed E-state index contributed by atoms with van der Waals surface area (Å²) in [5.41, 5.74) is 15.7. The SMILES string of the molecule is CC(C)(C)c1ccc2c(c1)N(c1ccccc1)c1cc(C(C)(C)C)cc3c1B2c1ccc(C(C)(C)C)cc1N3c1ccccc1. The Balaban J connectivity index is 1.64. The molecule has 2 aliphatic heterocycles. The summed E-state index contributed by atoms with van der Waals surface area (Å²) in [6, 6.07) is 41.3. The van der Waals surface area contributed by atoms with Gasteiger partial charge in [0, 0.05) is 34.1 Å². The molecule has 0 fully saturated rings. The number of rotatable bonds is 2. The van der Waals surface area contributed by atoms with E-state index in [0.717, 1.165) is 0 Å². The first-order valence-corrected chi connectivity index (χ1v) is 16.4. The third kappa shape index (κ3) is 4.88. The molecule has 2 heterocycles. The lowest BCUT2D eigenvalue weighted by molar-refractivity contribution is 0.590. The summed E-state index contributed by atoms with van der Waals surface area (Å²) in [4.78, 5) is 5.07. The maximum Gasteiger partial charge on any atom is 0.252 e. The molecule has 0 saturated carbocycles. The zero-order valence-corrected chi connectivity index (χ0v) is 28.4. The van der Waals surface area contributed by atoms with E-state index in [1.807, 2.05) is 0 Å². The van der Waals surface area contributed by atoms with Crippen molar-refractivity contribution >= 4 is 57.2 Å². The molecule has 226 valence electrons. The smallest absolute Gasteiger partial charge is 0.252 e. The molecule has 0 unspecified atom stereocenters. The van der Waals surface area contributed by atoms with Crippen LogP contribution in [0.2, 0.25) is 0 Å². The Kier molecular flexibility index (Phi) is 6.64. The lowest BCUT2D eigenvalue weighted by Gasteiger charge is -2.45. The van der Waals surface area contributed by atoms with Crippen molar-refractivity contribution in [2.24, 2.45) is 0 Å². The lowest BCUT2D eigenvalue weighted by Crippen LogP contribution is -2.61. The average molecular weight is 589 g/mol. The second-order valence-electron chi connectivity index (χ2n) is 16.0. The predicted molar refractivity (Wildman–Crippen MR) is 197 cm³/mol. The van der Waals surface area contributed by atoms with Crippen LogP contribution < -0.4 is 26.2 Å². The van der Waals surface area contributed by atoms with Gasteiger partial charge in [0.2, 0.25) is 0 Å². The first-order valence-electron chi connectivity index (χ1n) is 16.4. The summed E-state index contributed by atoms with van der Waals surface area (Å²) in [7, 11) is 0. The first-order chi connectivity index (χ1) is 21.2. The van der Waals surface area contributed by atoms with Crippen LogP contribution in [0, 0.1) is 0 Å². The fourth-order valence-corrected chi connectivity index (χ4v) is 7.07. The van der Waals surface area contributed by atoms with Gasteiger partial charge in [-0.2, -0.15) is 0 Å². The van der Waals surface area contributed by atoms with Gasteiger partial charge in [0.25, 0.3) is 6.71 Å². The van der Waals surface area contributed by atoms with Crippen LogP contribution in [0.1, 0.15) is 79.0 Å². The van der Waals surface area contributed by atoms with E-state index in [1.165, 1.54) is 67.2 Å². The van der Waals surface area contributed by atoms with E-state index in [-0.39, 0.29) is 23.0 Å². The monoisotopic (exact) mass is 588 g/mol. The van der Waals surface area contributed by atoms with Crippen molar-refractivity contribution in [1.29, 1.82) is 0 Å². The molecule has 45 heavy (non-hydrogen) atoms. The largest absolute Gasteiger partial charge is 0.311 e. The maximum absolute atomic E-state index is 2.53. The highest BCUT2D eigenvalue weighted by Crippen LogP contribution is 2.47. The van der Waals surface area contributed by atoms with Gasteiger partial charge in [0.15, 0.2) is 0 Å². The Labute approximate surface area is 270 Å². The number of hydrogen-bond acceptors (Lipinski definition) is 2. The first kappa shape index (κ1) is 29.5. The number of nitrogens with zero attached hydrogens (tertiary/aromatic N) is 2. The third-order valence-corrected chi connectivity index (χ3v) is 9.70. The molecule has 0 radical (unpaired) electrons. The summed E-state index contributed by atoms with van der Waals surface area (Å²) in [6.07, 6.45) is 0. The lowest BCUT2D eigenvalue weighted by atomic mass is 9.33. The molecule has 0 amide bonds. The van der Waals surface area contributed by atoms with Gasteiger partial charge in [-0.3, -0.25) is 0 Å². The van der Waals surface area contributed by atoms with Gasteiger partial charge < -0.3 is 9.80 Å². The fourth-order valence-electron chi connectivity index (χ4n) is 7.07. The van der Waals surface area contributed by atoms with Gasteiger partial charge in [-0.05, 0) is 97.9 Å². The molecule has 0 N–H and O–H groups in total. The van der Waals surface area contributed by atoms with E-state index in [0.29, 0.717) is 0 Å². The topological polar surface area (TPSA) is 6.48 Å². The molecule has 0 aromatic heterocycles. The zero-order valence-electron chi connectivity index (χ0n) is 28.4. The minimum absolute atomic E-state index is 0.0340. The van der Waals surface area contributed by atoms with Crippen molar-refractivity contribution < 1.29 is 0 Å². The molecule has 0 saturated heterocycles. The number of benzene rings is 5. The second-order valence-corrected chi connectivity index (χ2v) is 16.0. The maximum atomic E-state index is 2.53. The van der Waals surface area contributed by atoms with E-state index in [2.05, 4.69) is 181 Å². The van der Waals surface area contributed by atoms with E-state index in [1.54, 1.807) is 0 Å². The Morgan fingerprint density at radius 2 is 0.756 bits per heavy atom. The van der Waals surface area contributed by atoms with Crippen LogP contribution in [-0.4, -0.2) is 6.71 Å². The van der Waals surface area contributed by atoms with Gasteiger partial charge in [-0.1, -0.05) is 123 Å². The molecule has 2 nitrogen and oxygen atoms in total. The van der Waals surface area contributed by atoms with E-state index in [4.69, 9.17) is 0 Å². The zero-order chi connectivity index (χ0) is 31.9. The highest BCUT2D eigenvalue weighted by Gasteiger charge is 2.44. The van der Waals surface area contributed by atoms with Gasteiger partial charge in [0.1, 0.15) is 0 Å². The van der Waals surface area contributed by atoms with Crippen LogP contribution in [0.3, 0.4) is 0 Å². The van der Waals surface area contributed by atoms with Gasteiger partial charge in [-0.15, -0.1) is 0 Å². The second kappa shape index (κ2) is 10.1. The molecule has 7 rings (SSSR count). The van der Waals surface area contributed by atoms with Crippen LogP contribution >= 0.6 is 0 Å². The molecule has 0 aliphatic carbocycles. The molecule has 0 spiro atoms. The molecule has 2 aliphatic rings. The summed E-state index contributed by atoms with van der Waals surface area (Å²) in [5, 5.41) is 0. The van der Waals surface area contributed by atoms with E-state index in [9.17, 15) is 0 Å². The van der Waals surface area contributed by atoms with Gasteiger partial charge >= 0.3 is 0 Å². The minimum atomic E-state index is -0.0349. The van der Waals surface area contributed by atoms with Crippen molar-refractivity contribution in [3.05, 3.63) is 126 Å². The molecular weight excluding hydrogens is 543 g/mol. The molecular formula is C42H45BN2. The number of para-hydroxylation sites is 2. The van der Waals surface area contributed by atoms with Crippen molar-refractivity contribution in [1.82, 2.24) is 0 Å². The van der Waals surface area contributed by atoms with Crippen LogP contribution in [0.15, 0.2) is 109 Å². The average Bonchev–Trinajstić information content (AvgIpc) is 2.99. The quantitative estimate of drug-likeness (QED) is 0.186. The summed E-state index contributed by atoms with van der Waals surface area (Å²) < 4.78 is 0. The fraction of sp³-hybridized carbons (Fsp3) is 0.286. The van der Waals surface area contributed by atoms with Crippen LogP contribution in [0.5, 0.6) is 0 Å². The van der Waals surface area contributed by atoms with Gasteiger partial charge in [0.05, 0.1) is 0 Å². The number of fused-ring (bicyclic) bond motifs is 4. The van der Waals surface area contributed by atoms with Crippen molar-refractivity contribution in [3.63, 3.8) is 0 Å². The van der Waals surface area contributed by atoms with Crippen molar-refractivity contribution in [2.75, 3.05) is 9.80 Å². The minimum Gasteiger partial charge on any atom is -0.311 e. The van der Waals surface area contributed by atoms with E-state index < -0.39 is 0 Å². The normalized spacial score (nSPS) is 14.2. The highest BCUT2D eigenvalue weighted by molar-refractivity contribution is 7.00. The number of anilines is 6. The molecule has 0 bridgehead atoms. The summed E-state index contributed by atoms with van der Waals surface area (Å²) >= 11 is 0. The Morgan fingerprint density at radius 3 is 1.11 bits per heavy atom. The molecule has 0 atom stereocenters. The molecule has 5 aromatic carbocycles. The van der Waals surface area contributed by atoms with Gasteiger partial charge in [-0.25, -0.2) is 0 Å². The Hall–Kier alpha value is -4.24. The molecule has 3 heteroatoms. The summed E-state index contributed by atoms with van der Waals surface area (Å²) in [5.74, 6) is 0. The third-order valence-electron chi connectivity index (χ3n) is 9.70. The van der Waals surface area contributed by atoms with Crippen molar-refractivity contribution in [3.8, 4) is 0 Å². The van der Waals surface area contributed by atoms with E-state index >= 15 is 0 Å². The standard InChI is InChI=1S/C42H45BN2/c1-40(2,3)28-20-22-33-35(24-28)44(31-16-12-10-13-17-31)37-26-30(42(7,8)9)27-38-39(37)43(33)34-23-21-29(41(4,5)6)25-36(34)45(38)32-18-14-11-15-19-32/h10-27H,1-9H3. The van der Waals surface area contributed by atoms with Crippen LogP contribution in [0.4, 0.5) is 34.1 Å². The Bertz CT molecular complexity index is 1770. The summed E-state index contributed by atoms with van der Waals surface area (Å²) in [6.45, 7) is 21.0. The van der Waals surface area contributed by atoms with Crippen molar-refractivity contribution in [2.45, 2.75) is 78.6 Å². The highest BCUT2D eigenvalue weighted by atomic mass is 15.2. The van der Waals surface area contributed by atoms with Crippen LogP contribution in [-0.2, 0) is 16.2 Å². The number of hydrogen-bond donors (Lipinski definition) is 0. The van der Waals surface area contributed by atoms with Crippen LogP contribution in [0.25, 0.3) is 0 Å². The predicted octanol–water partition coefficient (Wildman–Crippen LogP) is 9.66. The molecule has 5 aromatic rings.